The van der Waals surface area contributed by atoms with E-state index in [4.69, 9.17) is 10.00 Å². The van der Waals surface area contributed by atoms with E-state index in [-0.39, 0.29) is 0 Å². The molecule has 20 heavy (non-hydrogen) atoms. The number of rotatable bonds is 6. The second kappa shape index (κ2) is 7.98. The van der Waals surface area contributed by atoms with Gasteiger partial charge in [0.25, 0.3) is 0 Å². The molecule has 0 N–H and O–H groups in total. The lowest BCUT2D eigenvalue weighted by atomic mass is 10.2. The summed E-state index contributed by atoms with van der Waals surface area (Å²) < 4.78 is 6.77. The molecule has 2 aromatic carbocycles. The van der Waals surface area contributed by atoms with E-state index in [9.17, 15) is 0 Å². The highest BCUT2D eigenvalue weighted by Gasteiger charge is 2.00. The summed E-state index contributed by atoms with van der Waals surface area (Å²) >= 11 is 5.35. The van der Waals surface area contributed by atoms with Crippen molar-refractivity contribution in [3.63, 3.8) is 0 Å². The van der Waals surface area contributed by atoms with Gasteiger partial charge in [-0.25, -0.2) is 0 Å². The number of nitrogens with zero attached hydrogens (tertiary/aromatic N) is 1. The molecule has 0 fully saturated rings. The van der Waals surface area contributed by atoms with Gasteiger partial charge < -0.3 is 4.74 Å². The van der Waals surface area contributed by atoms with Crippen LogP contribution in [-0.2, 0) is 0 Å². The van der Waals surface area contributed by atoms with Crippen LogP contribution < -0.4 is 4.74 Å². The zero-order chi connectivity index (χ0) is 14.2. The van der Waals surface area contributed by atoms with Crippen LogP contribution >= 0.6 is 27.7 Å². The molecule has 0 bridgehead atoms. The molecule has 0 saturated carbocycles. The zero-order valence-electron chi connectivity index (χ0n) is 10.9. The second-order valence-corrected chi connectivity index (χ2v) is 6.11. The first-order valence-electron chi connectivity index (χ1n) is 6.30. The molecular weight excluding hydrogens is 334 g/mol. The van der Waals surface area contributed by atoms with Crippen LogP contribution in [0.2, 0.25) is 0 Å². The minimum absolute atomic E-state index is 0.630. The molecule has 2 rings (SSSR count). The third kappa shape index (κ3) is 4.59. The van der Waals surface area contributed by atoms with Gasteiger partial charge in [-0.15, -0.1) is 11.8 Å². The molecule has 0 atom stereocenters. The molecule has 2 nitrogen and oxygen atoms in total. The van der Waals surface area contributed by atoms with Crippen LogP contribution in [0.4, 0.5) is 0 Å². The lowest BCUT2D eigenvalue weighted by Crippen LogP contribution is -1.98. The van der Waals surface area contributed by atoms with Crippen LogP contribution in [0.5, 0.6) is 5.75 Å². The Morgan fingerprint density at radius 1 is 1.15 bits per heavy atom. The SMILES string of the molecule is N#Cc1cccc(OCCCSc2ccccc2Br)c1. The highest BCUT2D eigenvalue weighted by Crippen LogP contribution is 2.27. The van der Waals surface area contributed by atoms with E-state index >= 15 is 0 Å². The molecule has 102 valence electrons. The summed E-state index contributed by atoms with van der Waals surface area (Å²) in [5.41, 5.74) is 0.630. The molecule has 0 heterocycles. The molecule has 0 aliphatic carbocycles. The van der Waals surface area contributed by atoms with E-state index in [0.29, 0.717) is 12.2 Å². The van der Waals surface area contributed by atoms with Crippen molar-refractivity contribution >= 4 is 27.7 Å². The Morgan fingerprint density at radius 3 is 2.80 bits per heavy atom. The first-order chi connectivity index (χ1) is 9.79. The van der Waals surface area contributed by atoms with E-state index < -0.39 is 0 Å². The fourth-order valence-corrected chi connectivity index (χ4v) is 3.14. The number of hydrogen-bond donors (Lipinski definition) is 0. The highest BCUT2D eigenvalue weighted by molar-refractivity contribution is 9.10. The maximum atomic E-state index is 8.81. The largest absolute Gasteiger partial charge is 0.494 e. The molecule has 0 saturated heterocycles. The molecule has 4 heteroatoms. The minimum Gasteiger partial charge on any atom is -0.494 e. The Morgan fingerprint density at radius 2 is 2.00 bits per heavy atom. The molecule has 0 spiro atoms. The van der Waals surface area contributed by atoms with Gasteiger partial charge in [-0.05, 0) is 52.7 Å². The van der Waals surface area contributed by atoms with Crippen molar-refractivity contribution in [1.82, 2.24) is 0 Å². The van der Waals surface area contributed by atoms with Gasteiger partial charge in [0, 0.05) is 15.1 Å². The van der Waals surface area contributed by atoms with Gasteiger partial charge in [0.05, 0.1) is 18.2 Å². The number of benzene rings is 2. The molecular formula is C16H14BrNOS. The Kier molecular flexibility index (Phi) is 5.97. The van der Waals surface area contributed by atoms with Crippen LogP contribution in [0.15, 0.2) is 57.9 Å². The Labute approximate surface area is 131 Å². The quantitative estimate of drug-likeness (QED) is 0.551. The molecule has 2 aromatic rings. The van der Waals surface area contributed by atoms with Gasteiger partial charge >= 0.3 is 0 Å². The van der Waals surface area contributed by atoms with E-state index in [1.165, 1.54) is 4.90 Å². The van der Waals surface area contributed by atoms with E-state index in [0.717, 1.165) is 22.4 Å². The van der Waals surface area contributed by atoms with Crippen molar-refractivity contribution < 1.29 is 4.74 Å². The van der Waals surface area contributed by atoms with Crippen LogP contribution in [0.25, 0.3) is 0 Å². The normalized spacial score (nSPS) is 10.0. The fraction of sp³-hybridized carbons (Fsp3) is 0.188. The van der Waals surface area contributed by atoms with E-state index in [1.54, 1.807) is 12.1 Å². The number of hydrogen-bond acceptors (Lipinski definition) is 3. The average Bonchev–Trinajstić information content (AvgIpc) is 2.49. The predicted molar refractivity (Wildman–Crippen MR) is 86.1 cm³/mol. The van der Waals surface area contributed by atoms with Crippen molar-refractivity contribution in [2.24, 2.45) is 0 Å². The fourth-order valence-electron chi connectivity index (χ4n) is 1.65. The van der Waals surface area contributed by atoms with Gasteiger partial charge in [-0.3, -0.25) is 0 Å². The summed E-state index contributed by atoms with van der Waals surface area (Å²) in [6.45, 7) is 0.659. The monoisotopic (exact) mass is 347 g/mol. The summed E-state index contributed by atoms with van der Waals surface area (Å²) in [5.74, 6) is 1.76. The summed E-state index contributed by atoms with van der Waals surface area (Å²) in [6, 6.07) is 17.6. The summed E-state index contributed by atoms with van der Waals surface area (Å²) in [4.78, 5) is 1.25. The zero-order valence-corrected chi connectivity index (χ0v) is 13.3. The lowest BCUT2D eigenvalue weighted by Gasteiger charge is -2.07. The van der Waals surface area contributed by atoms with Gasteiger partial charge in [0.2, 0.25) is 0 Å². The van der Waals surface area contributed by atoms with Crippen LogP contribution in [0, 0.1) is 11.3 Å². The maximum Gasteiger partial charge on any atom is 0.120 e. The Hall–Kier alpha value is -1.44. The van der Waals surface area contributed by atoms with Crippen LogP contribution in [0.1, 0.15) is 12.0 Å². The average molecular weight is 348 g/mol. The maximum absolute atomic E-state index is 8.81. The molecule has 0 aliphatic rings. The van der Waals surface area contributed by atoms with Crippen LogP contribution in [-0.4, -0.2) is 12.4 Å². The van der Waals surface area contributed by atoms with Gasteiger partial charge in [-0.2, -0.15) is 5.26 Å². The smallest absolute Gasteiger partial charge is 0.120 e. The van der Waals surface area contributed by atoms with Gasteiger partial charge in [0.15, 0.2) is 0 Å². The lowest BCUT2D eigenvalue weighted by molar-refractivity contribution is 0.318. The van der Waals surface area contributed by atoms with Crippen molar-refractivity contribution in [1.29, 1.82) is 5.26 Å². The summed E-state index contributed by atoms with van der Waals surface area (Å²) in [7, 11) is 0. The second-order valence-electron chi connectivity index (χ2n) is 4.12. The van der Waals surface area contributed by atoms with Crippen LogP contribution in [0.3, 0.4) is 0 Å². The predicted octanol–water partition coefficient (Wildman–Crippen LogP) is 4.88. The third-order valence-electron chi connectivity index (χ3n) is 2.61. The molecule has 0 aromatic heterocycles. The first-order valence-corrected chi connectivity index (χ1v) is 8.08. The van der Waals surface area contributed by atoms with E-state index in [1.807, 2.05) is 42.1 Å². The third-order valence-corrected chi connectivity index (χ3v) is 4.73. The number of nitriles is 1. The van der Waals surface area contributed by atoms with E-state index in [2.05, 4.69) is 28.1 Å². The number of ether oxygens (including phenoxy) is 1. The highest BCUT2D eigenvalue weighted by atomic mass is 79.9. The summed E-state index contributed by atoms with van der Waals surface area (Å²) in [6.07, 6.45) is 0.961. The summed E-state index contributed by atoms with van der Waals surface area (Å²) in [5, 5.41) is 8.81. The van der Waals surface area contributed by atoms with Gasteiger partial charge in [0.1, 0.15) is 5.75 Å². The molecule has 0 amide bonds. The van der Waals surface area contributed by atoms with Crippen molar-refractivity contribution in [2.45, 2.75) is 11.3 Å². The molecule has 0 aliphatic heterocycles. The minimum atomic E-state index is 0.630. The number of halogens is 1. The van der Waals surface area contributed by atoms with Crippen molar-refractivity contribution in [2.75, 3.05) is 12.4 Å². The van der Waals surface area contributed by atoms with Crippen molar-refractivity contribution in [3.8, 4) is 11.8 Å². The Bertz CT molecular complexity index is 609. The van der Waals surface area contributed by atoms with Crippen molar-refractivity contribution in [3.05, 3.63) is 58.6 Å². The topological polar surface area (TPSA) is 33.0 Å². The van der Waals surface area contributed by atoms with Gasteiger partial charge in [-0.1, -0.05) is 18.2 Å². The Balaban J connectivity index is 1.72. The molecule has 0 unspecified atom stereocenters. The standard InChI is InChI=1S/C16H14BrNOS/c17-15-7-1-2-8-16(15)20-10-4-9-19-14-6-3-5-13(11-14)12-18/h1-3,5-8,11H,4,9-10H2. The molecule has 0 radical (unpaired) electrons. The number of thioether (sulfide) groups is 1. The first kappa shape index (κ1) is 15.0.